The highest BCUT2D eigenvalue weighted by Crippen LogP contribution is 2.24. The highest BCUT2D eigenvalue weighted by molar-refractivity contribution is 6.35. The van der Waals surface area contributed by atoms with Crippen LogP contribution in [-0.2, 0) is 16.6 Å². The van der Waals surface area contributed by atoms with Gasteiger partial charge >= 0.3 is 11.8 Å². The molecule has 1 aromatic heterocycles. The first-order chi connectivity index (χ1) is 11.6. The van der Waals surface area contributed by atoms with Crippen molar-refractivity contribution < 1.29 is 9.59 Å². The summed E-state index contributed by atoms with van der Waals surface area (Å²) in [5.41, 5.74) is 1.17. The Morgan fingerprint density at radius 2 is 1.88 bits per heavy atom. The van der Waals surface area contributed by atoms with Gasteiger partial charge in [-0.2, -0.15) is 0 Å². The van der Waals surface area contributed by atoms with Crippen LogP contribution in [-0.4, -0.2) is 47.0 Å². The van der Waals surface area contributed by atoms with Gasteiger partial charge in [-0.1, -0.05) is 12.8 Å². The number of nitrogens with one attached hydrogen (secondary N) is 2. The van der Waals surface area contributed by atoms with Gasteiger partial charge in [0.1, 0.15) is 0 Å². The molecule has 24 heavy (non-hydrogen) atoms. The van der Waals surface area contributed by atoms with Crippen molar-refractivity contribution in [1.82, 2.24) is 20.1 Å². The van der Waals surface area contributed by atoms with Gasteiger partial charge in [-0.15, -0.1) is 0 Å². The van der Waals surface area contributed by atoms with Crippen molar-refractivity contribution in [1.29, 1.82) is 0 Å². The summed E-state index contributed by atoms with van der Waals surface area (Å²) >= 11 is 0. The van der Waals surface area contributed by atoms with Crippen LogP contribution in [0.3, 0.4) is 0 Å². The minimum Gasteiger partial charge on any atom is -0.353 e. The highest BCUT2D eigenvalue weighted by atomic mass is 16.2. The molecular formula is C18H28N4O2. The van der Waals surface area contributed by atoms with E-state index < -0.39 is 11.8 Å². The molecule has 2 fully saturated rings. The zero-order valence-corrected chi connectivity index (χ0v) is 14.5. The fraction of sp³-hybridized carbons (Fsp3) is 0.667. The largest absolute Gasteiger partial charge is 0.353 e. The van der Waals surface area contributed by atoms with Gasteiger partial charge in [0.25, 0.3) is 0 Å². The zero-order valence-electron chi connectivity index (χ0n) is 14.5. The second-order valence-electron chi connectivity index (χ2n) is 6.97. The molecule has 0 bridgehead atoms. The number of nitrogens with zero attached hydrogens (tertiary/aromatic N) is 2. The summed E-state index contributed by atoms with van der Waals surface area (Å²) in [4.78, 5) is 26.6. The highest BCUT2D eigenvalue weighted by Gasteiger charge is 2.27. The molecule has 0 spiro atoms. The number of carbonyl (C=O) groups is 2. The lowest BCUT2D eigenvalue weighted by atomic mass is 10.1. The molecule has 1 aliphatic carbocycles. The van der Waals surface area contributed by atoms with Crippen LogP contribution in [0, 0.1) is 0 Å². The van der Waals surface area contributed by atoms with Crippen molar-refractivity contribution in [3.63, 3.8) is 0 Å². The van der Waals surface area contributed by atoms with Crippen molar-refractivity contribution in [2.24, 2.45) is 7.05 Å². The molecule has 132 valence electrons. The van der Waals surface area contributed by atoms with Crippen LogP contribution in [0.5, 0.6) is 0 Å². The van der Waals surface area contributed by atoms with Gasteiger partial charge in [0.15, 0.2) is 0 Å². The average Bonchev–Trinajstić information content (AvgIpc) is 3.31. The molecule has 1 aromatic rings. The predicted molar refractivity (Wildman–Crippen MR) is 92.4 cm³/mol. The van der Waals surface area contributed by atoms with Crippen LogP contribution in [0.1, 0.15) is 50.3 Å². The molecule has 1 aliphatic heterocycles. The third-order valence-corrected chi connectivity index (χ3v) is 5.26. The number of rotatable bonds is 5. The lowest BCUT2D eigenvalue weighted by Gasteiger charge is -2.28. The molecule has 2 amide bonds. The first kappa shape index (κ1) is 17.0. The van der Waals surface area contributed by atoms with Crippen molar-refractivity contribution >= 4 is 11.8 Å². The van der Waals surface area contributed by atoms with Crippen LogP contribution in [0.2, 0.25) is 0 Å². The SMILES string of the molecule is Cn1cccc1C(CNC(=O)C(=O)NC1CCCC1)N1CCCC1. The van der Waals surface area contributed by atoms with E-state index in [0.717, 1.165) is 38.8 Å². The monoisotopic (exact) mass is 332 g/mol. The van der Waals surface area contributed by atoms with Crippen LogP contribution < -0.4 is 10.6 Å². The van der Waals surface area contributed by atoms with E-state index in [4.69, 9.17) is 0 Å². The maximum absolute atomic E-state index is 12.2. The molecule has 1 atom stereocenters. The Morgan fingerprint density at radius 3 is 2.50 bits per heavy atom. The number of carbonyl (C=O) groups excluding carboxylic acids is 2. The second kappa shape index (κ2) is 7.83. The molecule has 2 heterocycles. The summed E-state index contributed by atoms with van der Waals surface area (Å²) in [5, 5.41) is 5.69. The quantitative estimate of drug-likeness (QED) is 0.800. The Balaban J connectivity index is 1.57. The van der Waals surface area contributed by atoms with Crippen molar-refractivity contribution in [2.45, 2.75) is 50.6 Å². The van der Waals surface area contributed by atoms with E-state index in [1.165, 1.54) is 18.5 Å². The Bertz CT molecular complexity index is 571. The molecule has 2 aliphatic rings. The van der Waals surface area contributed by atoms with E-state index in [1.54, 1.807) is 0 Å². The molecule has 3 rings (SSSR count). The number of likely N-dealkylation sites (tertiary alicyclic amines) is 1. The third-order valence-electron chi connectivity index (χ3n) is 5.26. The smallest absolute Gasteiger partial charge is 0.309 e. The lowest BCUT2D eigenvalue weighted by Crippen LogP contribution is -2.46. The van der Waals surface area contributed by atoms with Crippen molar-refractivity contribution in [3.05, 3.63) is 24.0 Å². The number of aromatic nitrogens is 1. The molecule has 1 saturated carbocycles. The van der Waals surface area contributed by atoms with Crippen LogP contribution in [0.25, 0.3) is 0 Å². The molecule has 6 nitrogen and oxygen atoms in total. The van der Waals surface area contributed by atoms with E-state index in [9.17, 15) is 9.59 Å². The average molecular weight is 332 g/mol. The van der Waals surface area contributed by atoms with E-state index in [-0.39, 0.29) is 12.1 Å². The topological polar surface area (TPSA) is 66.4 Å². The Kier molecular flexibility index (Phi) is 5.56. The lowest BCUT2D eigenvalue weighted by molar-refractivity contribution is -0.139. The number of amides is 2. The third kappa shape index (κ3) is 3.98. The Hall–Kier alpha value is -1.82. The number of aryl methyl sites for hydroxylation is 1. The van der Waals surface area contributed by atoms with E-state index in [2.05, 4.69) is 26.2 Å². The van der Waals surface area contributed by atoms with Gasteiger partial charge in [0, 0.05) is 31.5 Å². The second-order valence-corrected chi connectivity index (χ2v) is 6.97. The van der Waals surface area contributed by atoms with Gasteiger partial charge in [0.2, 0.25) is 0 Å². The summed E-state index contributed by atoms with van der Waals surface area (Å²) in [5.74, 6) is -1.01. The molecule has 2 N–H and O–H groups in total. The summed E-state index contributed by atoms with van der Waals surface area (Å²) in [6.07, 6.45) is 8.65. The molecular weight excluding hydrogens is 304 g/mol. The summed E-state index contributed by atoms with van der Waals surface area (Å²) in [7, 11) is 2.02. The van der Waals surface area contributed by atoms with Gasteiger partial charge in [-0.3, -0.25) is 14.5 Å². The van der Waals surface area contributed by atoms with Crippen molar-refractivity contribution in [3.8, 4) is 0 Å². The zero-order chi connectivity index (χ0) is 16.9. The fourth-order valence-electron chi connectivity index (χ4n) is 3.89. The Morgan fingerprint density at radius 1 is 1.17 bits per heavy atom. The molecule has 6 heteroatoms. The number of hydrogen-bond acceptors (Lipinski definition) is 3. The molecule has 1 saturated heterocycles. The standard InChI is InChI=1S/C18H28N4O2/c1-21-10-6-9-15(21)16(22-11-4-5-12-22)13-19-17(23)18(24)20-14-7-2-3-8-14/h6,9-10,14,16H,2-5,7-8,11-13H2,1H3,(H,19,23)(H,20,24). The first-order valence-electron chi connectivity index (χ1n) is 9.09. The fourth-order valence-corrected chi connectivity index (χ4v) is 3.89. The maximum atomic E-state index is 12.2. The first-order valence-corrected chi connectivity index (χ1v) is 9.09. The van der Waals surface area contributed by atoms with E-state index in [0.29, 0.717) is 6.54 Å². The summed E-state index contributed by atoms with van der Waals surface area (Å²) in [6.45, 7) is 2.55. The number of hydrogen-bond donors (Lipinski definition) is 2. The van der Waals surface area contributed by atoms with Gasteiger partial charge < -0.3 is 15.2 Å². The molecule has 0 radical (unpaired) electrons. The summed E-state index contributed by atoms with van der Waals surface area (Å²) in [6, 6.07) is 4.40. The van der Waals surface area contributed by atoms with Crippen LogP contribution in [0.4, 0.5) is 0 Å². The minimum absolute atomic E-state index is 0.121. The Labute approximate surface area is 143 Å². The van der Waals surface area contributed by atoms with Crippen LogP contribution >= 0.6 is 0 Å². The van der Waals surface area contributed by atoms with Crippen LogP contribution in [0.15, 0.2) is 18.3 Å². The normalized spacial score (nSPS) is 20.2. The van der Waals surface area contributed by atoms with Gasteiger partial charge in [0.05, 0.1) is 6.04 Å². The van der Waals surface area contributed by atoms with Gasteiger partial charge in [-0.25, -0.2) is 0 Å². The minimum atomic E-state index is -0.514. The molecule has 0 aromatic carbocycles. The van der Waals surface area contributed by atoms with E-state index in [1.807, 2.05) is 19.3 Å². The maximum Gasteiger partial charge on any atom is 0.309 e. The van der Waals surface area contributed by atoms with Gasteiger partial charge in [-0.05, 0) is 50.9 Å². The van der Waals surface area contributed by atoms with E-state index >= 15 is 0 Å². The predicted octanol–water partition coefficient (Wildman–Crippen LogP) is 1.34. The van der Waals surface area contributed by atoms with Crippen molar-refractivity contribution in [2.75, 3.05) is 19.6 Å². The molecule has 1 unspecified atom stereocenters. The summed E-state index contributed by atoms with van der Waals surface area (Å²) < 4.78 is 2.09.